The standard InChI is InChI=1S/C22H30N2O4Se/c1-15-11(25)23(9)13(27)17(15,3)21(7)19(15,5)20(6)16(2)12(26)24(10)14(28)18(16,4)22(20,8)29-21/h1-10H3/t15-,16-,17+,18+,19-,20-,21-,22-/m0/s1. The first-order valence-corrected chi connectivity index (χ1v) is 12.0. The second-order valence-corrected chi connectivity index (χ2v) is 15.1. The molecule has 7 heteroatoms. The summed E-state index contributed by atoms with van der Waals surface area (Å²) in [7, 11) is 3.17. The zero-order valence-corrected chi connectivity index (χ0v) is 20.6. The fraction of sp³-hybridized carbons (Fsp3) is 0.818. The number of hydrogen-bond acceptors (Lipinski definition) is 4. The minimum absolute atomic E-state index is 0.115. The molecule has 0 aromatic carbocycles. The van der Waals surface area contributed by atoms with E-state index in [1.165, 1.54) is 9.80 Å². The Morgan fingerprint density at radius 1 is 0.517 bits per heavy atom. The molecule has 0 unspecified atom stereocenters. The second-order valence-electron chi connectivity index (χ2n) is 11.3. The summed E-state index contributed by atoms with van der Waals surface area (Å²) in [5.74, 6) is -0.520. The van der Waals surface area contributed by atoms with E-state index in [-0.39, 0.29) is 38.6 Å². The van der Waals surface area contributed by atoms with Gasteiger partial charge in [0.2, 0.25) is 0 Å². The van der Waals surface area contributed by atoms with Gasteiger partial charge in [-0.15, -0.1) is 0 Å². The monoisotopic (exact) mass is 466 g/mol. The summed E-state index contributed by atoms with van der Waals surface area (Å²) in [5.41, 5.74) is -4.59. The normalized spacial score (nSPS) is 62.6. The molecule has 6 nitrogen and oxygen atoms in total. The summed E-state index contributed by atoms with van der Waals surface area (Å²) < 4.78 is -0.865. The van der Waals surface area contributed by atoms with Crippen LogP contribution in [0, 0.1) is 32.5 Å². The molecule has 3 saturated heterocycles. The zero-order valence-electron chi connectivity index (χ0n) is 18.9. The molecule has 0 aromatic rings. The first kappa shape index (κ1) is 19.7. The molecule has 5 aliphatic rings. The molecule has 2 aliphatic carbocycles. The number of hydrogen-bond donors (Lipinski definition) is 0. The number of amides is 4. The summed E-state index contributed by atoms with van der Waals surface area (Å²) >= 11 is -0.131. The number of carbonyl (C=O) groups excluding carboxylic acids is 4. The van der Waals surface area contributed by atoms with Crippen LogP contribution in [0.15, 0.2) is 0 Å². The van der Waals surface area contributed by atoms with Crippen molar-refractivity contribution < 1.29 is 19.2 Å². The van der Waals surface area contributed by atoms with Crippen LogP contribution < -0.4 is 0 Å². The number of imide groups is 2. The summed E-state index contributed by atoms with van der Waals surface area (Å²) in [5, 5.41) is 0. The van der Waals surface area contributed by atoms with Gasteiger partial charge in [0.05, 0.1) is 0 Å². The van der Waals surface area contributed by atoms with E-state index >= 15 is 0 Å². The van der Waals surface area contributed by atoms with Gasteiger partial charge in [-0.3, -0.25) is 0 Å². The van der Waals surface area contributed by atoms with Gasteiger partial charge in [0.25, 0.3) is 0 Å². The van der Waals surface area contributed by atoms with E-state index in [0.717, 1.165) is 0 Å². The zero-order chi connectivity index (χ0) is 22.2. The van der Waals surface area contributed by atoms with E-state index in [2.05, 4.69) is 27.7 Å². The van der Waals surface area contributed by atoms with Crippen molar-refractivity contribution >= 4 is 38.6 Å². The fourth-order valence-electron chi connectivity index (χ4n) is 9.77. The Morgan fingerprint density at radius 3 is 1.03 bits per heavy atom. The van der Waals surface area contributed by atoms with Crippen LogP contribution in [0.2, 0.25) is 8.63 Å². The van der Waals surface area contributed by atoms with Crippen LogP contribution >= 0.6 is 0 Å². The van der Waals surface area contributed by atoms with Gasteiger partial charge in [-0.25, -0.2) is 0 Å². The van der Waals surface area contributed by atoms with Crippen LogP contribution in [0.25, 0.3) is 0 Å². The Balaban J connectivity index is 1.88. The Morgan fingerprint density at radius 2 is 0.759 bits per heavy atom. The van der Waals surface area contributed by atoms with Crippen LogP contribution in [-0.2, 0) is 19.2 Å². The summed E-state index contributed by atoms with van der Waals surface area (Å²) in [6.45, 7) is 16.3. The fourth-order valence-corrected chi connectivity index (χ4v) is 16.1. The van der Waals surface area contributed by atoms with Crippen LogP contribution in [0.3, 0.4) is 0 Å². The van der Waals surface area contributed by atoms with Crippen molar-refractivity contribution in [1.29, 1.82) is 0 Å². The van der Waals surface area contributed by atoms with Crippen molar-refractivity contribution in [2.24, 2.45) is 32.5 Å². The van der Waals surface area contributed by atoms with Crippen molar-refractivity contribution in [2.45, 2.75) is 64.0 Å². The van der Waals surface area contributed by atoms with E-state index in [1.54, 1.807) is 14.1 Å². The number of fused-ring (bicyclic) bond motifs is 9. The third kappa shape index (κ3) is 1.04. The van der Waals surface area contributed by atoms with Gasteiger partial charge < -0.3 is 0 Å². The summed E-state index contributed by atoms with van der Waals surface area (Å²) in [6, 6.07) is 0. The van der Waals surface area contributed by atoms with Gasteiger partial charge in [-0.05, 0) is 0 Å². The molecule has 0 radical (unpaired) electrons. The van der Waals surface area contributed by atoms with Gasteiger partial charge in [-0.2, -0.15) is 0 Å². The van der Waals surface area contributed by atoms with Crippen molar-refractivity contribution in [3.63, 3.8) is 0 Å². The molecule has 0 aromatic heterocycles. The van der Waals surface area contributed by atoms with Crippen molar-refractivity contribution in [3.05, 3.63) is 0 Å². The molecule has 0 bridgehead atoms. The SMILES string of the molecule is CN1C(=O)[C@@]2(C)[C@]3(C)[Se][C@@]4(C)[C@]5(C)C(=O)N(C)C(=O)[C@]5(C)[C@@]4(C)[C@]3(C)[C@@]2(C)C1=O. The van der Waals surface area contributed by atoms with E-state index in [9.17, 15) is 19.2 Å². The molecule has 29 heavy (non-hydrogen) atoms. The van der Waals surface area contributed by atoms with Gasteiger partial charge in [-0.1, -0.05) is 0 Å². The summed E-state index contributed by atoms with van der Waals surface area (Å²) in [4.78, 5) is 56.5. The first-order valence-electron chi connectivity index (χ1n) is 10.3. The van der Waals surface area contributed by atoms with Gasteiger partial charge in [0.1, 0.15) is 0 Å². The predicted octanol–water partition coefficient (Wildman–Crippen LogP) is 2.12. The molecule has 4 amide bonds. The maximum atomic E-state index is 13.6. The maximum absolute atomic E-state index is 13.6. The molecule has 0 N–H and O–H groups in total. The molecular formula is C22H30N2O4Se. The first-order chi connectivity index (χ1) is 12.9. The predicted molar refractivity (Wildman–Crippen MR) is 107 cm³/mol. The average molecular weight is 465 g/mol. The Kier molecular flexibility index (Phi) is 2.81. The summed E-state index contributed by atoms with van der Waals surface area (Å²) in [6.07, 6.45) is 0. The third-order valence-electron chi connectivity index (χ3n) is 12.2. The van der Waals surface area contributed by atoms with Crippen molar-refractivity contribution in [3.8, 4) is 0 Å². The molecule has 0 spiro atoms. The van der Waals surface area contributed by atoms with Crippen molar-refractivity contribution in [2.75, 3.05) is 14.1 Å². The number of nitrogens with zero attached hydrogens (tertiary/aromatic N) is 2. The molecule has 5 rings (SSSR count). The Labute approximate surface area is 178 Å². The number of rotatable bonds is 0. The van der Waals surface area contributed by atoms with E-state index < -0.39 is 41.1 Å². The Bertz CT molecular complexity index is 935. The molecule has 5 fully saturated rings. The molecule has 2 saturated carbocycles. The van der Waals surface area contributed by atoms with Gasteiger partial charge in [0.15, 0.2) is 0 Å². The van der Waals surface area contributed by atoms with Crippen LogP contribution in [-0.4, -0.2) is 62.5 Å². The number of likely N-dealkylation sites (tertiary alicyclic amines) is 2. The molecule has 158 valence electrons. The molecule has 3 heterocycles. The molecular weight excluding hydrogens is 435 g/mol. The molecule has 3 aliphatic heterocycles. The molecule has 8 atom stereocenters. The van der Waals surface area contributed by atoms with Crippen LogP contribution in [0.5, 0.6) is 0 Å². The number of carbonyl (C=O) groups is 4. The van der Waals surface area contributed by atoms with Crippen LogP contribution in [0.1, 0.15) is 55.4 Å². The second kappa shape index (κ2) is 4.12. The van der Waals surface area contributed by atoms with Crippen LogP contribution in [0.4, 0.5) is 0 Å². The van der Waals surface area contributed by atoms with E-state index in [0.29, 0.717) is 0 Å². The quantitative estimate of drug-likeness (QED) is 0.406. The average Bonchev–Trinajstić information content (AvgIpc) is 2.96. The van der Waals surface area contributed by atoms with E-state index in [4.69, 9.17) is 0 Å². The third-order valence-corrected chi connectivity index (χ3v) is 17.3. The Hall–Kier alpha value is -1.20. The van der Waals surface area contributed by atoms with Gasteiger partial charge >= 0.3 is 178 Å². The van der Waals surface area contributed by atoms with E-state index in [1.807, 2.05) is 27.7 Å². The topological polar surface area (TPSA) is 74.8 Å². The van der Waals surface area contributed by atoms with Gasteiger partial charge in [0, 0.05) is 0 Å². The van der Waals surface area contributed by atoms with Crippen molar-refractivity contribution in [1.82, 2.24) is 9.80 Å². The minimum atomic E-state index is -0.899.